The van der Waals surface area contributed by atoms with Gasteiger partial charge in [0, 0.05) is 0 Å². The molecule has 1 N–H and O–H groups in total. The van der Waals surface area contributed by atoms with Gasteiger partial charge < -0.3 is 5.11 Å². The van der Waals surface area contributed by atoms with Gasteiger partial charge in [-0.1, -0.05) is 13.3 Å². The predicted octanol–water partition coefficient (Wildman–Crippen LogP) is 4.39. The molecule has 0 aromatic heterocycles. The molecule has 0 aromatic carbocycles. The summed E-state index contributed by atoms with van der Waals surface area (Å²) in [5.41, 5.74) is 0.711. The van der Waals surface area contributed by atoms with Gasteiger partial charge in [-0.25, -0.2) is 0 Å². The summed E-state index contributed by atoms with van der Waals surface area (Å²) in [6.07, 6.45) is 14.0. The van der Waals surface area contributed by atoms with Crippen molar-refractivity contribution in [1.29, 1.82) is 0 Å². The van der Waals surface area contributed by atoms with Gasteiger partial charge >= 0.3 is 0 Å². The van der Waals surface area contributed by atoms with Crippen molar-refractivity contribution in [1.82, 2.24) is 0 Å². The topological polar surface area (TPSA) is 20.2 Å². The minimum atomic E-state index is 0.0261. The van der Waals surface area contributed by atoms with E-state index < -0.39 is 0 Å². The normalized spacial score (nSPS) is 57.2. The van der Waals surface area contributed by atoms with Crippen LogP contribution < -0.4 is 0 Å². The lowest BCUT2D eigenvalue weighted by Crippen LogP contribution is -2.47. The van der Waals surface area contributed by atoms with Crippen LogP contribution in [0, 0.1) is 35.0 Å². The van der Waals surface area contributed by atoms with E-state index in [4.69, 9.17) is 0 Å². The predicted molar refractivity (Wildman–Crippen MR) is 77.7 cm³/mol. The van der Waals surface area contributed by atoms with Gasteiger partial charge in [-0.05, 0) is 92.8 Å². The first-order chi connectivity index (χ1) is 9.17. The molecule has 108 valence electrons. The van der Waals surface area contributed by atoms with E-state index in [1.54, 1.807) is 0 Å². The zero-order valence-corrected chi connectivity index (χ0v) is 12.5. The summed E-state index contributed by atoms with van der Waals surface area (Å²) in [6.45, 7) is 2.59. The fourth-order valence-electron chi connectivity index (χ4n) is 6.82. The Balaban J connectivity index is 1.56. The maximum absolute atomic E-state index is 9.94. The van der Waals surface area contributed by atoms with Crippen LogP contribution in [0.15, 0.2) is 0 Å². The third-order valence-electron chi connectivity index (χ3n) is 7.71. The van der Waals surface area contributed by atoms with Crippen LogP contribution >= 0.6 is 0 Å². The van der Waals surface area contributed by atoms with E-state index in [0.29, 0.717) is 5.41 Å². The molecule has 0 aromatic rings. The second kappa shape index (κ2) is 4.48. The molecule has 0 bridgehead atoms. The number of hydrogen-bond donors (Lipinski definition) is 1. The molecule has 4 fully saturated rings. The Labute approximate surface area is 118 Å². The molecule has 7 atom stereocenters. The van der Waals surface area contributed by atoms with Crippen molar-refractivity contribution in [3.05, 3.63) is 0 Å². The molecule has 1 heteroatoms. The van der Waals surface area contributed by atoms with E-state index in [1.165, 1.54) is 51.4 Å². The summed E-state index contributed by atoms with van der Waals surface area (Å²) in [5.74, 6) is 4.99. The second-order valence-corrected chi connectivity index (χ2v) is 8.49. The van der Waals surface area contributed by atoms with Gasteiger partial charge in [0.15, 0.2) is 0 Å². The van der Waals surface area contributed by atoms with Crippen molar-refractivity contribution in [2.75, 3.05) is 0 Å². The molecule has 0 radical (unpaired) electrons. The van der Waals surface area contributed by atoms with Crippen LogP contribution in [0.3, 0.4) is 0 Å². The van der Waals surface area contributed by atoms with Gasteiger partial charge in [0.1, 0.15) is 0 Å². The third kappa shape index (κ3) is 1.91. The summed E-state index contributed by atoms with van der Waals surface area (Å²) in [4.78, 5) is 0. The van der Waals surface area contributed by atoms with Crippen molar-refractivity contribution in [2.45, 2.75) is 77.2 Å². The first-order valence-electron chi connectivity index (χ1n) is 8.85. The van der Waals surface area contributed by atoms with E-state index in [0.717, 1.165) is 42.4 Å². The molecule has 4 aliphatic carbocycles. The van der Waals surface area contributed by atoms with Crippen molar-refractivity contribution in [3.8, 4) is 0 Å². The fourth-order valence-corrected chi connectivity index (χ4v) is 6.82. The number of aliphatic hydroxyl groups excluding tert-OH is 1. The molecule has 19 heavy (non-hydrogen) atoms. The maximum atomic E-state index is 9.94. The van der Waals surface area contributed by atoms with Gasteiger partial charge in [0.25, 0.3) is 0 Å². The van der Waals surface area contributed by atoms with Crippen molar-refractivity contribution in [3.63, 3.8) is 0 Å². The molecule has 4 aliphatic rings. The zero-order valence-electron chi connectivity index (χ0n) is 12.5. The summed E-state index contributed by atoms with van der Waals surface area (Å²) >= 11 is 0. The highest BCUT2D eigenvalue weighted by Gasteiger charge is 2.53. The van der Waals surface area contributed by atoms with E-state index in [9.17, 15) is 5.11 Å². The molecule has 0 amide bonds. The summed E-state index contributed by atoms with van der Waals surface area (Å²) in [7, 11) is 0. The molecule has 4 saturated carbocycles. The van der Waals surface area contributed by atoms with Gasteiger partial charge in [-0.3, -0.25) is 0 Å². The molecule has 1 nitrogen and oxygen atoms in total. The summed E-state index contributed by atoms with van der Waals surface area (Å²) < 4.78 is 0. The molecule has 0 spiro atoms. The minimum absolute atomic E-state index is 0.0261. The molecule has 0 aliphatic heterocycles. The highest BCUT2D eigenvalue weighted by Crippen LogP contribution is 2.62. The average molecular weight is 262 g/mol. The lowest BCUT2D eigenvalue weighted by molar-refractivity contribution is -0.0675. The molecule has 0 heterocycles. The van der Waals surface area contributed by atoms with Crippen LogP contribution in [-0.2, 0) is 0 Å². The van der Waals surface area contributed by atoms with Gasteiger partial charge in [0.05, 0.1) is 6.10 Å². The van der Waals surface area contributed by atoms with E-state index in [-0.39, 0.29) is 6.10 Å². The Kier molecular flexibility index (Phi) is 2.99. The Morgan fingerprint density at radius 2 is 1.68 bits per heavy atom. The summed E-state index contributed by atoms with van der Waals surface area (Å²) in [6, 6.07) is 0. The number of fused-ring (bicyclic) bond motifs is 5. The van der Waals surface area contributed by atoms with Gasteiger partial charge in [0.2, 0.25) is 0 Å². The second-order valence-electron chi connectivity index (χ2n) is 8.49. The van der Waals surface area contributed by atoms with Crippen molar-refractivity contribution >= 4 is 0 Å². The van der Waals surface area contributed by atoms with Crippen LogP contribution in [0.1, 0.15) is 71.1 Å². The van der Waals surface area contributed by atoms with Crippen LogP contribution in [0.4, 0.5) is 0 Å². The largest absolute Gasteiger partial charge is 0.393 e. The Hall–Kier alpha value is -0.0400. The maximum Gasteiger partial charge on any atom is 0.0543 e. The molecule has 6 unspecified atom stereocenters. The quantitative estimate of drug-likeness (QED) is 0.686. The van der Waals surface area contributed by atoms with E-state index in [2.05, 4.69) is 6.92 Å². The highest BCUT2D eigenvalue weighted by molar-refractivity contribution is 5.03. The van der Waals surface area contributed by atoms with Crippen molar-refractivity contribution < 1.29 is 5.11 Å². The monoisotopic (exact) mass is 262 g/mol. The number of hydrogen-bond acceptors (Lipinski definition) is 1. The van der Waals surface area contributed by atoms with Crippen LogP contribution in [-0.4, -0.2) is 11.2 Å². The Morgan fingerprint density at radius 3 is 2.58 bits per heavy atom. The van der Waals surface area contributed by atoms with Gasteiger partial charge in [-0.15, -0.1) is 0 Å². The third-order valence-corrected chi connectivity index (χ3v) is 7.71. The first kappa shape index (κ1) is 12.7. The van der Waals surface area contributed by atoms with Crippen LogP contribution in [0.25, 0.3) is 0 Å². The fraction of sp³-hybridized carbons (Fsp3) is 1.00. The zero-order chi connectivity index (χ0) is 13.0. The number of aliphatic hydroxyl groups is 1. The lowest BCUT2D eigenvalue weighted by atomic mass is 9.50. The molecule has 0 saturated heterocycles. The number of rotatable bonds is 0. The van der Waals surface area contributed by atoms with Gasteiger partial charge in [-0.2, -0.15) is 0 Å². The minimum Gasteiger partial charge on any atom is -0.393 e. The van der Waals surface area contributed by atoms with Crippen LogP contribution in [0.5, 0.6) is 0 Å². The Morgan fingerprint density at radius 1 is 0.842 bits per heavy atom. The SMILES string of the molecule is CC12CCCC1C1CCC3C[C@H](O)CCC3C1CC2. The highest BCUT2D eigenvalue weighted by atomic mass is 16.3. The van der Waals surface area contributed by atoms with Crippen LogP contribution in [0.2, 0.25) is 0 Å². The summed E-state index contributed by atoms with van der Waals surface area (Å²) in [5, 5.41) is 9.94. The van der Waals surface area contributed by atoms with E-state index >= 15 is 0 Å². The molecular weight excluding hydrogens is 232 g/mol. The first-order valence-corrected chi connectivity index (χ1v) is 8.85. The Bertz CT molecular complexity index is 352. The standard InChI is InChI=1S/C18H30O/c1-18-9-2-3-17(18)16-6-4-12-11-13(19)5-7-14(12)15(16)8-10-18/h12-17,19H,2-11H2,1H3/t12?,13-,14?,15?,16?,17?,18?/m1/s1. The van der Waals surface area contributed by atoms with Crippen molar-refractivity contribution in [2.24, 2.45) is 35.0 Å². The smallest absolute Gasteiger partial charge is 0.0543 e. The van der Waals surface area contributed by atoms with E-state index in [1.807, 2.05) is 0 Å². The lowest BCUT2D eigenvalue weighted by Gasteiger charge is -2.55. The molecule has 4 rings (SSSR count). The average Bonchev–Trinajstić information content (AvgIpc) is 2.79. The molecular formula is C18H30O.